The van der Waals surface area contributed by atoms with Gasteiger partial charge in [0, 0.05) is 27.2 Å². The number of esters is 1. The van der Waals surface area contributed by atoms with Gasteiger partial charge in [0.2, 0.25) is 5.91 Å². The minimum Gasteiger partial charge on any atom is -0.465 e. The highest BCUT2D eigenvalue weighted by molar-refractivity contribution is 7.99. The monoisotopic (exact) mass is 518 g/mol. The third kappa shape index (κ3) is 5.39. The van der Waals surface area contributed by atoms with E-state index < -0.39 is 0 Å². The molecule has 1 aliphatic rings. The molecule has 0 aromatic carbocycles. The van der Waals surface area contributed by atoms with E-state index >= 15 is 0 Å². The molecule has 1 N–H and O–H groups in total. The summed E-state index contributed by atoms with van der Waals surface area (Å²) in [6, 6.07) is 2.15. The summed E-state index contributed by atoms with van der Waals surface area (Å²) in [6.07, 6.45) is 7.32. The van der Waals surface area contributed by atoms with Gasteiger partial charge < -0.3 is 14.6 Å². The van der Waals surface area contributed by atoms with E-state index in [0.717, 1.165) is 49.1 Å². The van der Waals surface area contributed by atoms with E-state index in [1.807, 2.05) is 11.5 Å². The zero-order chi connectivity index (χ0) is 24.1. The van der Waals surface area contributed by atoms with Crippen LogP contribution in [-0.2, 0) is 35.3 Å². The highest BCUT2D eigenvalue weighted by atomic mass is 32.2. The van der Waals surface area contributed by atoms with Crippen LogP contribution < -0.4 is 5.32 Å². The average Bonchev–Trinajstić information content (AvgIpc) is 3.54. The van der Waals surface area contributed by atoms with Crippen molar-refractivity contribution in [2.45, 2.75) is 70.5 Å². The number of hydrogen-bond donors (Lipinski definition) is 1. The van der Waals surface area contributed by atoms with Gasteiger partial charge in [-0.3, -0.25) is 4.79 Å². The number of aromatic nitrogens is 3. The Morgan fingerprint density at radius 3 is 2.68 bits per heavy atom. The summed E-state index contributed by atoms with van der Waals surface area (Å²) >= 11 is 4.60. The molecule has 3 heterocycles. The number of thioether (sulfide) groups is 1. The van der Waals surface area contributed by atoms with Gasteiger partial charge in [-0.15, -0.1) is 32.9 Å². The van der Waals surface area contributed by atoms with Crippen molar-refractivity contribution in [3.05, 3.63) is 32.3 Å². The van der Waals surface area contributed by atoms with Crippen LogP contribution >= 0.6 is 34.4 Å². The fraction of sp³-hybridized carbons (Fsp3) is 0.500. The first kappa shape index (κ1) is 24.9. The Labute approximate surface area is 212 Å². The molecule has 0 unspecified atom stereocenters. The van der Waals surface area contributed by atoms with E-state index in [4.69, 9.17) is 4.74 Å². The summed E-state index contributed by atoms with van der Waals surface area (Å²) in [5.74, 6) is 0.469. The fourth-order valence-electron chi connectivity index (χ4n) is 4.20. The minimum atomic E-state index is -0.376. The number of aryl methyl sites for hydroxylation is 2. The summed E-state index contributed by atoms with van der Waals surface area (Å²) in [5, 5.41) is 15.1. The number of thiophene rings is 2. The molecule has 1 aliphatic carbocycles. The summed E-state index contributed by atoms with van der Waals surface area (Å²) < 4.78 is 7.10. The predicted octanol–water partition coefficient (Wildman–Crippen LogP) is 5.83. The maximum atomic E-state index is 12.9. The lowest BCUT2D eigenvalue weighted by Crippen LogP contribution is -2.17. The average molecular weight is 519 g/mol. The Morgan fingerprint density at radius 1 is 1.18 bits per heavy atom. The smallest absolute Gasteiger partial charge is 0.341 e. The van der Waals surface area contributed by atoms with Crippen LogP contribution in [-0.4, -0.2) is 39.5 Å². The maximum Gasteiger partial charge on any atom is 0.341 e. The molecule has 0 saturated heterocycles. The van der Waals surface area contributed by atoms with Crippen LogP contribution in [0, 0.1) is 0 Å². The number of anilines is 1. The largest absolute Gasteiger partial charge is 0.465 e. The molecule has 3 aromatic rings. The number of nitrogens with zero attached hydrogens (tertiary/aromatic N) is 3. The lowest BCUT2D eigenvalue weighted by molar-refractivity contribution is -0.113. The van der Waals surface area contributed by atoms with Gasteiger partial charge in [0.05, 0.1) is 18.4 Å². The van der Waals surface area contributed by atoms with E-state index in [1.54, 1.807) is 11.3 Å². The van der Waals surface area contributed by atoms with Crippen molar-refractivity contribution in [2.75, 3.05) is 18.2 Å². The number of carbonyl (C=O) groups excluding carboxylic acids is 2. The third-order valence-electron chi connectivity index (χ3n) is 5.94. The van der Waals surface area contributed by atoms with E-state index in [0.29, 0.717) is 22.3 Å². The summed E-state index contributed by atoms with van der Waals surface area (Å²) in [6.45, 7) is 4.90. The Kier molecular flexibility index (Phi) is 8.44. The highest BCUT2D eigenvalue weighted by Gasteiger charge is 2.26. The molecule has 182 valence electrons. The molecular weight excluding hydrogens is 488 g/mol. The topological polar surface area (TPSA) is 86.1 Å². The molecule has 0 aliphatic heterocycles. The molecule has 0 saturated carbocycles. The Balaban J connectivity index is 1.48. The van der Waals surface area contributed by atoms with Gasteiger partial charge in [0.25, 0.3) is 0 Å². The van der Waals surface area contributed by atoms with Gasteiger partial charge in [-0.25, -0.2) is 4.79 Å². The number of methoxy groups -OCH3 is 1. The SMILES string of the molecule is CCc1cc(-c2nnc(SCC(=O)Nc3sc4c(c3C(=O)OC)CCCCCC4)n2CC)cs1. The van der Waals surface area contributed by atoms with Crippen LogP contribution in [0.5, 0.6) is 0 Å². The maximum absolute atomic E-state index is 12.9. The predicted molar refractivity (Wildman–Crippen MR) is 139 cm³/mol. The number of nitrogens with one attached hydrogen (secondary N) is 1. The number of carbonyl (C=O) groups is 2. The molecular formula is C24H30N4O3S3. The molecule has 0 spiro atoms. The Bertz CT molecular complexity index is 1160. The first-order valence-corrected chi connectivity index (χ1v) is 14.4. The Morgan fingerprint density at radius 2 is 1.97 bits per heavy atom. The van der Waals surface area contributed by atoms with E-state index in [1.165, 1.54) is 52.8 Å². The molecule has 34 heavy (non-hydrogen) atoms. The molecule has 0 fully saturated rings. The lowest BCUT2D eigenvalue weighted by atomic mass is 9.96. The Hall–Kier alpha value is -2.17. The van der Waals surface area contributed by atoms with Gasteiger partial charge in [-0.1, -0.05) is 31.5 Å². The number of hydrogen-bond acceptors (Lipinski definition) is 8. The van der Waals surface area contributed by atoms with Crippen molar-refractivity contribution >= 4 is 51.3 Å². The summed E-state index contributed by atoms with van der Waals surface area (Å²) in [5.41, 5.74) is 2.65. The third-order valence-corrected chi connectivity index (χ3v) is 9.19. The molecule has 0 bridgehead atoms. The first-order valence-electron chi connectivity index (χ1n) is 11.7. The highest BCUT2D eigenvalue weighted by Crippen LogP contribution is 2.38. The van der Waals surface area contributed by atoms with Crippen LogP contribution in [0.1, 0.15) is 65.2 Å². The zero-order valence-electron chi connectivity index (χ0n) is 19.8. The number of rotatable bonds is 8. The second-order valence-corrected chi connectivity index (χ2v) is 11.2. The molecule has 3 aromatic heterocycles. The van der Waals surface area contributed by atoms with Crippen LogP contribution in [0.4, 0.5) is 5.00 Å². The molecule has 10 heteroatoms. The van der Waals surface area contributed by atoms with Gasteiger partial charge in [-0.05, 0) is 50.7 Å². The van der Waals surface area contributed by atoms with Crippen LogP contribution in [0.2, 0.25) is 0 Å². The molecule has 4 rings (SSSR count). The van der Waals surface area contributed by atoms with Crippen molar-refractivity contribution in [3.8, 4) is 11.4 Å². The summed E-state index contributed by atoms with van der Waals surface area (Å²) in [7, 11) is 1.39. The van der Waals surface area contributed by atoms with Crippen molar-refractivity contribution in [1.82, 2.24) is 14.8 Å². The quantitative estimate of drug-likeness (QED) is 0.298. The zero-order valence-corrected chi connectivity index (χ0v) is 22.3. The van der Waals surface area contributed by atoms with Crippen molar-refractivity contribution in [1.29, 1.82) is 0 Å². The second-order valence-electron chi connectivity index (χ2n) is 8.16. The van der Waals surface area contributed by atoms with Crippen LogP contribution in [0.3, 0.4) is 0 Å². The standard InChI is InChI=1S/C24H30N4O3S3/c1-4-16-12-15(13-32-16)21-26-27-24(28(21)5-2)33-14-19(29)25-22-20(23(30)31-3)17-10-8-6-7-9-11-18(17)34-22/h12-13H,4-11,14H2,1-3H3,(H,25,29). The van der Waals surface area contributed by atoms with Crippen molar-refractivity contribution in [2.24, 2.45) is 0 Å². The molecule has 7 nitrogen and oxygen atoms in total. The number of fused-ring (bicyclic) bond motifs is 1. The van der Waals surface area contributed by atoms with Crippen LogP contribution in [0.15, 0.2) is 16.6 Å². The lowest BCUT2D eigenvalue weighted by Gasteiger charge is -2.11. The van der Waals surface area contributed by atoms with E-state index in [9.17, 15) is 9.59 Å². The first-order chi connectivity index (χ1) is 16.5. The second kappa shape index (κ2) is 11.5. The van der Waals surface area contributed by atoms with E-state index in [2.05, 4.69) is 33.9 Å². The summed E-state index contributed by atoms with van der Waals surface area (Å²) in [4.78, 5) is 28.0. The van der Waals surface area contributed by atoms with Crippen LogP contribution in [0.25, 0.3) is 11.4 Å². The van der Waals surface area contributed by atoms with Gasteiger partial charge >= 0.3 is 5.97 Å². The van der Waals surface area contributed by atoms with Crippen molar-refractivity contribution in [3.63, 3.8) is 0 Å². The van der Waals surface area contributed by atoms with Gasteiger partial charge in [0.15, 0.2) is 11.0 Å². The van der Waals surface area contributed by atoms with Crippen molar-refractivity contribution < 1.29 is 14.3 Å². The number of amides is 1. The fourth-order valence-corrected chi connectivity index (χ4v) is 7.11. The molecule has 0 atom stereocenters. The number of ether oxygens (including phenoxy) is 1. The van der Waals surface area contributed by atoms with Gasteiger partial charge in [0.1, 0.15) is 5.00 Å². The molecule has 1 amide bonds. The van der Waals surface area contributed by atoms with Gasteiger partial charge in [-0.2, -0.15) is 0 Å². The minimum absolute atomic E-state index is 0.166. The molecule has 0 radical (unpaired) electrons. The van der Waals surface area contributed by atoms with E-state index in [-0.39, 0.29) is 17.6 Å². The normalized spacial score (nSPS) is 13.7.